The molecule has 0 N–H and O–H groups in total. The number of rotatable bonds is 1. The highest BCUT2D eigenvalue weighted by molar-refractivity contribution is 6.37. The van der Waals surface area contributed by atoms with E-state index >= 15 is 0 Å². The molecule has 2 aliphatic rings. The van der Waals surface area contributed by atoms with Crippen LogP contribution in [0.4, 0.5) is 0 Å². The van der Waals surface area contributed by atoms with Crippen molar-refractivity contribution in [3.63, 3.8) is 0 Å². The van der Waals surface area contributed by atoms with Gasteiger partial charge in [0, 0.05) is 0 Å². The maximum atomic E-state index is 6.06. The molecule has 0 aliphatic heterocycles. The van der Waals surface area contributed by atoms with Crippen LogP contribution in [0.2, 0.25) is 0 Å². The normalized spacial score (nSPS) is 54.0. The molecule has 2 unspecified atom stereocenters. The summed E-state index contributed by atoms with van der Waals surface area (Å²) in [5.74, 6) is 0.770. The minimum atomic E-state index is 0.0571. The molecular weight excluding hydrogens is 143 g/mol. The van der Waals surface area contributed by atoms with Crippen molar-refractivity contribution in [1.29, 1.82) is 0 Å². The van der Waals surface area contributed by atoms with Crippen LogP contribution in [0.15, 0.2) is 0 Å². The molecule has 2 fully saturated rings. The van der Waals surface area contributed by atoms with Crippen molar-refractivity contribution in [1.82, 2.24) is 0 Å². The van der Waals surface area contributed by atoms with E-state index in [1.807, 2.05) is 0 Å². The van der Waals surface area contributed by atoms with Gasteiger partial charge in [0.05, 0.1) is 10.3 Å². The maximum absolute atomic E-state index is 6.06. The minimum absolute atomic E-state index is 0.0571. The zero-order chi connectivity index (χ0) is 5.78. The molecular formula is C6H8Cl2. The fourth-order valence-electron chi connectivity index (χ4n) is 1.20. The summed E-state index contributed by atoms with van der Waals surface area (Å²) in [6, 6.07) is 0. The average molecular weight is 151 g/mol. The van der Waals surface area contributed by atoms with E-state index < -0.39 is 0 Å². The molecule has 0 nitrogen and oxygen atoms in total. The van der Waals surface area contributed by atoms with Crippen LogP contribution in [0.25, 0.3) is 0 Å². The second-order valence-electron chi connectivity index (χ2n) is 2.87. The SMILES string of the molecule is ClC1CC1(Cl)C1CC1. The van der Waals surface area contributed by atoms with E-state index in [9.17, 15) is 0 Å². The van der Waals surface area contributed by atoms with Gasteiger partial charge in [-0.15, -0.1) is 23.2 Å². The predicted molar refractivity (Wildman–Crippen MR) is 35.6 cm³/mol. The van der Waals surface area contributed by atoms with Crippen molar-refractivity contribution in [2.75, 3.05) is 0 Å². The first-order valence-electron chi connectivity index (χ1n) is 3.06. The summed E-state index contributed by atoms with van der Waals surface area (Å²) in [7, 11) is 0. The molecule has 2 rings (SSSR count). The van der Waals surface area contributed by atoms with Crippen LogP contribution >= 0.6 is 23.2 Å². The Morgan fingerprint density at radius 3 is 2.00 bits per heavy atom. The molecule has 2 atom stereocenters. The van der Waals surface area contributed by atoms with E-state index in [2.05, 4.69) is 0 Å². The van der Waals surface area contributed by atoms with E-state index in [0.717, 1.165) is 12.3 Å². The topological polar surface area (TPSA) is 0 Å². The lowest BCUT2D eigenvalue weighted by atomic mass is 10.3. The van der Waals surface area contributed by atoms with Gasteiger partial charge in [-0.05, 0) is 25.2 Å². The Hall–Kier alpha value is 0.580. The van der Waals surface area contributed by atoms with Crippen LogP contribution in [-0.4, -0.2) is 10.3 Å². The van der Waals surface area contributed by atoms with Crippen LogP contribution < -0.4 is 0 Å². The Morgan fingerprint density at radius 2 is 1.88 bits per heavy atom. The molecule has 0 radical (unpaired) electrons. The Kier molecular flexibility index (Phi) is 0.908. The van der Waals surface area contributed by atoms with Crippen molar-refractivity contribution in [3.8, 4) is 0 Å². The van der Waals surface area contributed by atoms with Gasteiger partial charge in [-0.25, -0.2) is 0 Å². The predicted octanol–water partition coefficient (Wildman–Crippen LogP) is 2.39. The fraction of sp³-hybridized carbons (Fsp3) is 1.00. The van der Waals surface area contributed by atoms with Gasteiger partial charge in [0.15, 0.2) is 0 Å². The van der Waals surface area contributed by atoms with Crippen molar-refractivity contribution in [2.24, 2.45) is 5.92 Å². The second-order valence-corrected chi connectivity index (χ2v) is 4.10. The summed E-state index contributed by atoms with van der Waals surface area (Å²) in [4.78, 5) is 0.0571. The molecule has 0 heterocycles. The minimum Gasteiger partial charge on any atom is -0.121 e. The summed E-state index contributed by atoms with van der Waals surface area (Å²) < 4.78 is 0. The van der Waals surface area contributed by atoms with E-state index in [0.29, 0.717) is 0 Å². The summed E-state index contributed by atoms with van der Waals surface area (Å²) in [6.07, 6.45) is 3.67. The van der Waals surface area contributed by atoms with Crippen LogP contribution in [0.5, 0.6) is 0 Å². The third-order valence-corrected chi connectivity index (χ3v) is 3.49. The first-order chi connectivity index (χ1) is 3.73. The molecule has 0 spiro atoms. The highest BCUT2D eigenvalue weighted by Gasteiger charge is 2.60. The zero-order valence-corrected chi connectivity index (χ0v) is 6.04. The average Bonchev–Trinajstić information content (AvgIpc) is 2.44. The Balaban J connectivity index is 2.04. The standard InChI is InChI=1S/C6H8Cl2/c7-5-3-6(5,8)4-1-2-4/h4-5H,1-3H2. The Bertz CT molecular complexity index is 120. The molecule has 0 saturated heterocycles. The summed E-state index contributed by atoms with van der Waals surface area (Å²) in [5, 5.41) is 0.289. The molecule has 2 saturated carbocycles. The molecule has 8 heavy (non-hydrogen) atoms. The monoisotopic (exact) mass is 150 g/mol. The molecule has 0 amide bonds. The number of hydrogen-bond donors (Lipinski definition) is 0. The van der Waals surface area contributed by atoms with E-state index in [1.165, 1.54) is 12.8 Å². The second kappa shape index (κ2) is 1.35. The van der Waals surface area contributed by atoms with E-state index in [-0.39, 0.29) is 10.3 Å². The van der Waals surface area contributed by atoms with E-state index in [1.54, 1.807) is 0 Å². The molecule has 0 aromatic rings. The van der Waals surface area contributed by atoms with Crippen molar-refractivity contribution >= 4 is 23.2 Å². The third kappa shape index (κ3) is 0.593. The smallest absolute Gasteiger partial charge is 0.0653 e. The summed E-state index contributed by atoms with van der Waals surface area (Å²) in [5.41, 5.74) is 0. The maximum Gasteiger partial charge on any atom is 0.0653 e. The van der Waals surface area contributed by atoms with Crippen LogP contribution in [-0.2, 0) is 0 Å². The van der Waals surface area contributed by atoms with Gasteiger partial charge < -0.3 is 0 Å². The lowest BCUT2D eigenvalue weighted by Crippen LogP contribution is -2.03. The number of alkyl halides is 2. The van der Waals surface area contributed by atoms with Gasteiger partial charge in [0.1, 0.15) is 0 Å². The summed E-state index contributed by atoms with van der Waals surface area (Å²) >= 11 is 11.9. The fourth-order valence-corrected chi connectivity index (χ4v) is 2.09. The largest absolute Gasteiger partial charge is 0.121 e. The van der Waals surface area contributed by atoms with Crippen molar-refractivity contribution in [2.45, 2.75) is 29.5 Å². The van der Waals surface area contributed by atoms with Crippen molar-refractivity contribution in [3.05, 3.63) is 0 Å². The Morgan fingerprint density at radius 1 is 1.38 bits per heavy atom. The van der Waals surface area contributed by atoms with Crippen LogP contribution in [0.3, 0.4) is 0 Å². The lowest BCUT2D eigenvalue weighted by molar-refractivity contribution is 0.757. The van der Waals surface area contributed by atoms with Gasteiger partial charge in [0.25, 0.3) is 0 Å². The van der Waals surface area contributed by atoms with Crippen LogP contribution in [0.1, 0.15) is 19.3 Å². The van der Waals surface area contributed by atoms with E-state index in [4.69, 9.17) is 23.2 Å². The van der Waals surface area contributed by atoms with Gasteiger partial charge >= 0.3 is 0 Å². The third-order valence-electron chi connectivity index (χ3n) is 2.11. The van der Waals surface area contributed by atoms with Gasteiger partial charge in [0.2, 0.25) is 0 Å². The quantitative estimate of drug-likeness (QED) is 0.504. The molecule has 0 bridgehead atoms. The van der Waals surface area contributed by atoms with Gasteiger partial charge in [-0.1, -0.05) is 0 Å². The molecule has 0 aromatic carbocycles. The molecule has 2 heteroatoms. The highest BCUT2D eigenvalue weighted by atomic mass is 35.5. The zero-order valence-electron chi connectivity index (χ0n) is 4.53. The number of hydrogen-bond acceptors (Lipinski definition) is 0. The first-order valence-corrected chi connectivity index (χ1v) is 3.88. The molecule has 46 valence electrons. The van der Waals surface area contributed by atoms with Gasteiger partial charge in [-0.2, -0.15) is 0 Å². The number of halogens is 2. The first kappa shape index (κ1) is 5.37. The van der Waals surface area contributed by atoms with Crippen LogP contribution in [0, 0.1) is 5.92 Å². The molecule has 0 aromatic heterocycles. The Labute approximate surface area is 59.2 Å². The van der Waals surface area contributed by atoms with Gasteiger partial charge in [-0.3, -0.25) is 0 Å². The lowest BCUT2D eigenvalue weighted by Gasteiger charge is -1.99. The highest BCUT2D eigenvalue weighted by Crippen LogP contribution is 2.60. The summed E-state index contributed by atoms with van der Waals surface area (Å²) in [6.45, 7) is 0. The van der Waals surface area contributed by atoms with Crippen molar-refractivity contribution < 1.29 is 0 Å². The molecule has 2 aliphatic carbocycles.